The summed E-state index contributed by atoms with van der Waals surface area (Å²) in [6.07, 6.45) is 11.2. The predicted octanol–water partition coefficient (Wildman–Crippen LogP) is 16.7. The number of fused-ring (bicyclic) bond motifs is 5. The molecule has 722 valence electrons. The molecule has 0 radical (unpaired) electrons. The summed E-state index contributed by atoms with van der Waals surface area (Å²) in [7, 11) is 0.630. The number of primary amides is 1. The number of pyridine rings is 2. The molecule has 37 heteroatoms. The first-order valence-electron chi connectivity index (χ1n) is 44.2. The highest BCUT2D eigenvalue weighted by molar-refractivity contribution is 7.89. The first-order chi connectivity index (χ1) is 69.7. The molecule has 0 aliphatic rings. The fraction of sp³-hybridized carbons (Fsp3) is 0.0748. The number of amides is 6. The standard InChI is InChI=1S/C22H18F2N4O3S.C22H17FN4O2.C22H18FN3O2.C21H17FN4O2.C20H15FN4O2/c1-25-32(30,31)17-10-5-14(20(24)11-17)12-26-22(29)18-3-2-4-21-19(18)13-27-28(21)16-8-6-15(23)7-9-16;23-16-8-10-17(11-9-16)27-20-3-1-2-18(19(20)13-26-27)22(29)25-12-14-4-6-15(7-5-14)21(24)28;1-28-18-11-5-15(6-12-18)13-24-22(27)19-3-2-4-21-20(19)14-25-26(21)17-9-7-16(23)8-10-17;1-28-20-11-14(9-10-23-20)12-24-21(27)17-3-2-4-19-18(17)13-25-26(19)16-7-5-15(22)6-8-16;21-14-4-6-15(7-5-14)25-18-3-1-2-16(17(18)12-24-25)20(27)23-11-13-8-9-22-19(26)10-13/h2-11,13,25H,12H2,1H3,(H,26,29);1-11,13H,12H2,(H2,24,28)(H,25,29);2-12,14H,13H2,1H3,(H,24,27);2-11,13H,12H2,1H3,(H,24,27);1-10,12H,11H2,(H,22,26)(H,23,27). The van der Waals surface area contributed by atoms with E-state index in [1.165, 1.54) is 98.3 Å². The van der Waals surface area contributed by atoms with Crippen molar-refractivity contribution in [3.05, 3.63) is 453 Å². The highest BCUT2D eigenvalue weighted by Gasteiger charge is 2.23. The van der Waals surface area contributed by atoms with Gasteiger partial charge < -0.3 is 46.8 Å². The molecular weight excluding hydrogens is 1870 g/mol. The van der Waals surface area contributed by atoms with Crippen LogP contribution in [0.4, 0.5) is 26.3 Å². The van der Waals surface area contributed by atoms with Crippen LogP contribution in [0.3, 0.4) is 0 Å². The van der Waals surface area contributed by atoms with Gasteiger partial charge in [0.1, 0.15) is 40.7 Å². The van der Waals surface area contributed by atoms with Gasteiger partial charge in [0.05, 0.1) is 134 Å². The third kappa shape index (κ3) is 23.3. The van der Waals surface area contributed by atoms with Crippen molar-refractivity contribution in [2.45, 2.75) is 37.6 Å². The van der Waals surface area contributed by atoms with Crippen LogP contribution in [0.1, 0.15) is 90.0 Å². The lowest BCUT2D eigenvalue weighted by molar-refractivity contribution is 0.0944. The SMILES string of the molecule is CNS(=O)(=O)c1ccc(CNC(=O)c2cccc3c2cnn3-c2ccc(F)cc2)c(F)c1.COc1cc(CNC(=O)c2cccc3c2cnn3-c2ccc(F)cc2)ccn1.COc1ccc(CNC(=O)c2cccc3c2cnn3-c2ccc(F)cc2)cc1.NC(=O)c1ccc(CNC(=O)c2cccc3c2cnn3-c2ccc(F)cc2)cc1.O=C(NCc1cc[nH]c(=O)c1)c1cccc2c1cnn2-c1ccc(F)cc1. The number of aromatic nitrogens is 12. The molecule has 0 saturated carbocycles. The molecule has 30 nitrogen and oxygen atoms in total. The minimum atomic E-state index is -3.77. The molecule has 20 aromatic rings. The molecule has 20 rings (SSSR count). The maximum absolute atomic E-state index is 14.4. The van der Waals surface area contributed by atoms with E-state index in [0.717, 1.165) is 72.7 Å². The van der Waals surface area contributed by atoms with Crippen molar-refractivity contribution in [1.29, 1.82) is 0 Å². The van der Waals surface area contributed by atoms with Crippen molar-refractivity contribution < 1.29 is 73.0 Å². The summed E-state index contributed by atoms with van der Waals surface area (Å²) in [6.45, 7) is 1.17. The number of aromatic amines is 1. The van der Waals surface area contributed by atoms with E-state index >= 15 is 0 Å². The van der Waals surface area contributed by atoms with E-state index < -0.39 is 27.7 Å². The Labute approximate surface area is 816 Å². The number of methoxy groups -OCH3 is 2. The van der Waals surface area contributed by atoms with Gasteiger partial charge in [-0.3, -0.25) is 33.6 Å². The van der Waals surface area contributed by atoms with E-state index in [1.54, 1.807) is 226 Å². The van der Waals surface area contributed by atoms with E-state index in [2.05, 4.69) is 66.8 Å². The van der Waals surface area contributed by atoms with Gasteiger partial charge in [-0.05, 0) is 260 Å². The number of H-pyrrole nitrogens is 1. The number of halogens is 6. The Morgan fingerprint density at radius 1 is 0.354 bits per heavy atom. The molecule has 0 atom stereocenters. The van der Waals surface area contributed by atoms with Crippen molar-refractivity contribution in [2.75, 3.05) is 21.3 Å². The van der Waals surface area contributed by atoms with Crippen LogP contribution in [0.5, 0.6) is 11.6 Å². The fourth-order valence-electron chi connectivity index (χ4n) is 15.3. The molecule has 7 aromatic heterocycles. The Morgan fingerprint density at radius 3 is 0.965 bits per heavy atom. The highest BCUT2D eigenvalue weighted by atomic mass is 32.2. The topological polar surface area (TPSA) is 388 Å². The third-order valence-electron chi connectivity index (χ3n) is 22.7. The molecule has 13 aromatic carbocycles. The molecule has 0 aliphatic carbocycles. The molecule has 7 heterocycles. The molecule has 144 heavy (non-hydrogen) atoms. The van der Waals surface area contributed by atoms with Gasteiger partial charge in [-0.2, -0.15) is 25.5 Å². The van der Waals surface area contributed by atoms with Crippen molar-refractivity contribution in [3.8, 4) is 40.1 Å². The molecule has 0 saturated heterocycles. The quantitative estimate of drug-likeness (QED) is 0.0246. The number of nitrogens with zero attached hydrogens (tertiary/aromatic N) is 11. The van der Waals surface area contributed by atoms with E-state index in [1.807, 2.05) is 60.7 Å². The smallest absolute Gasteiger partial charge is 0.252 e. The lowest BCUT2D eigenvalue weighted by Crippen LogP contribution is -2.24. The summed E-state index contributed by atoms with van der Waals surface area (Å²) < 4.78 is 125. The number of hydrogen-bond donors (Lipinski definition) is 8. The normalized spacial score (nSPS) is 11.0. The van der Waals surface area contributed by atoms with Crippen LogP contribution in [-0.4, -0.2) is 124 Å². The number of rotatable bonds is 25. The average Bonchev–Trinajstić information content (AvgIpc) is 1.65. The van der Waals surface area contributed by atoms with Gasteiger partial charge in [-0.1, -0.05) is 60.7 Å². The zero-order valence-electron chi connectivity index (χ0n) is 76.6. The van der Waals surface area contributed by atoms with Crippen LogP contribution in [0.15, 0.2) is 356 Å². The van der Waals surface area contributed by atoms with Crippen LogP contribution in [0.2, 0.25) is 0 Å². The molecule has 0 bridgehead atoms. The number of benzene rings is 13. The summed E-state index contributed by atoms with van der Waals surface area (Å²) in [5.74, 6) is -2.95. The van der Waals surface area contributed by atoms with E-state index in [4.69, 9.17) is 15.2 Å². The molecule has 0 unspecified atom stereocenters. The summed E-state index contributed by atoms with van der Waals surface area (Å²) in [5, 5.41) is 39.3. The van der Waals surface area contributed by atoms with Crippen LogP contribution >= 0.6 is 0 Å². The number of nitrogens with one attached hydrogen (secondary N) is 7. The largest absolute Gasteiger partial charge is 0.497 e. The number of hydrogen-bond acceptors (Lipinski definition) is 17. The Hall–Kier alpha value is -18.8. The van der Waals surface area contributed by atoms with E-state index in [9.17, 15) is 68.3 Å². The van der Waals surface area contributed by atoms with Gasteiger partial charge >= 0.3 is 0 Å². The van der Waals surface area contributed by atoms with Gasteiger partial charge in [0.15, 0.2) is 0 Å². The van der Waals surface area contributed by atoms with Crippen molar-refractivity contribution in [1.82, 2.24) is 90.2 Å². The zero-order valence-corrected chi connectivity index (χ0v) is 77.4. The second-order valence-electron chi connectivity index (χ2n) is 31.9. The van der Waals surface area contributed by atoms with Gasteiger partial charge in [0.2, 0.25) is 27.4 Å². The van der Waals surface area contributed by atoms with Crippen LogP contribution in [0, 0.1) is 34.9 Å². The Morgan fingerprint density at radius 2 is 0.667 bits per heavy atom. The lowest BCUT2D eigenvalue weighted by Gasteiger charge is -2.09. The van der Waals surface area contributed by atoms with Crippen molar-refractivity contribution >= 4 is 100.0 Å². The van der Waals surface area contributed by atoms with Crippen molar-refractivity contribution in [2.24, 2.45) is 5.73 Å². The molecular formula is C107H85F6N19O11S. The molecule has 0 spiro atoms. The number of sulfonamides is 1. The minimum absolute atomic E-state index is 0.132. The Kier molecular flexibility index (Phi) is 30.6. The zero-order chi connectivity index (χ0) is 101. The monoisotopic (exact) mass is 1960 g/mol. The summed E-state index contributed by atoms with van der Waals surface area (Å²) >= 11 is 0. The molecule has 9 N–H and O–H groups in total. The molecule has 0 aliphatic heterocycles. The highest BCUT2D eigenvalue weighted by Crippen LogP contribution is 2.30. The van der Waals surface area contributed by atoms with E-state index in [-0.39, 0.29) is 81.8 Å². The Bertz CT molecular complexity index is 8300. The third-order valence-corrected chi connectivity index (χ3v) is 24.2. The maximum atomic E-state index is 14.4. The van der Waals surface area contributed by atoms with Gasteiger partial charge in [-0.15, -0.1) is 0 Å². The predicted molar refractivity (Wildman–Crippen MR) is 529 cm³/mol. The second kappa shape index (κ2) is 44.8. The molecule has 0 fully saturated rings. The van der Waals surface area contributed by atoms with Crippen LogP contribution < -0.4 is 52.1 Å². The first-order valence-corrected chi connectivity index (χ1v) is 45.7. The fourth-order valence-corrected chi connectivity index (χ4v) is 16.1. The van der Waals surface area contributed by atoms with Gasteiger partial charge in [0, 0.05) is 95.3 Å². The number of nitrogens with two attached hydrogens (primary N) is 1. The Balaban J connectivity index is 0.000000129. The van der Waals surface area contributed by atoms with Gasteiger partial charge in [0.25, 0.3) is 29.5 Å². The summed E-state index contributed by atoms with van der Waals surface area (Å²) in [6, 6.07) is 81.0. The van der Waals surface area contributed by atoms with Gasteiger partial charge in [-0.25, -0.2) is 67.9 Å². The van der Waals surface area contributed by atoms with Crippen molar-refractivity contribution in [3.63, 3.8) is 0 Å². The number of carbonyl (C=O) groups excluding carboxylic acids is 6. The molecule has 6 amide bonds. The number of ether oxygens (including phenoxy) is 2. The van der Waals surface area contributed by atoms with Crippen LogP contribution in [-0.2, 0) is 42.7 Å². The lowest BCUT2D eigenvalue weighted by atomic mass is 10.1. The minimum Gasteiger partial charge on any atom is -0.497 e. The summed E-state index contributed by atoms with van der Waals surface area (Å²) in [5.41, 5.74) is 18.5. The van der Waals surface area contributed by atoms with Crippen LogP contribution in [0.25, 0.3) is 83.0 Å². The average molecular weight is 1960 g/mol. The number of carbonyl (C=O) groups is 6. The second-order valence-corrected chi connectivity index (χ2v) is 33.8. The summed E-state index contributed by atoms with van der Waals surface area (Å²) in [4.78, 5) is 92.4. The van der Waals surface area contributed by atoms with E-state index in [0.29, 0.717) is 103 Å². The first kappa shape index (κ1) is 98.3. The maximum Gasteiger partial charge on any atom is 0.252 e.